The van der Waals surface area contributed by atoms with E-state index in [9.17, 15) is 0 Å². The topological polar surface area (TPSA) is 12.0 Å². The molecule has 2 aliphatic rings. The molecule has 0 bridgehead atoms. The summed E-state index contributed by atoms with van der Waals surface area (Å²) < 4.78 is 0. The molecule has 0 saturated heterocycles. The van der Waals surface area contributed by atoms with E-state index >= 15 is 0 Å². The average molecular weight is 263 g/mol. The minimum atomic E-state index is 0.513. The molecule has 1 N–H and O–H groups in total. The Balaban J connectivity index is 0.000000861. The zero-order chi connectivity index (χ0) is 14.3. The Morgan fingerprint density at radius 1 is 1.11 bits per heavy atom. The van der Waals surface area contributed by atoms with Gasteiger partial charge in [-0.25, -0.2) is 0 Å². The van der Waals surface area contributed by atoms with Crippen LogP contribution >= 0.6 is 0 Å². The van der Waals surface area contributed by atoms with Gasteiger partial charge in [-0.3, -0.25) is 0 Å². The number of hydrogen-bond acceptors (Lipinski definition) is 1. The van der Waals surface area contributed by atoms with Crippen LogP contribution in [0.4, 0.5) is 0 Å². The summed E-state index contributed by atoms with van der Waals surface area (Å²) in [6.45, 7) is 12.2. The molecule has 1 nitrogen and oxygen atoms in total. The van der Waals surface area contributed by atoms with Crippen LogP contribution in [0.3, 0.4) is 0 Å². The van der Waals surface area contributed by atoms with Gasteiger partial charge in [0.15, 0.2) is 0 Å². The van der Waals surface area contributed by atoms with Gasteiger partial charge < -0.3 is 5.32 Å². The van der Waals surface area contributed by atoms with E-state index in [0.29, 0.717) is 5.41 Å². The molecule has 1 fully saturated rings. The molecule has 0 amide bonds. The molecule has 19 heavy (non-hydrogen) atoms. The highest BCUT2D eigenvalue weighted by molar-refractivity contribution is 5.22. The molecule has 2 rings (SSSR count). The molecule has 0 radical (unpaired) electrons. The molecular weight excluding hydrogens is 230 g/mol. The van der Waals surface area contributed by atoms with E-state index in [4.69, 9.17) is 0 Å². The van der Waals surface area contributed by atoms with E-state index in [1.54, 1.807) is 5.57 Å². The number of allylic oxidation sites excluding steroid dienone is 2. The average Bonchev–Trinajstić information content (AvgIpc) is 2.42. The molecule has 1 aliphatic heterocycles. The fourth-order valence-corrected chi connectivity index (χ4v) is 3.21. The van der Waals surface area contributed by atoms with Crippen LogP contribution < -0.4 is 5.32 Å². The summed E-state index contributed by atoms with van der Waals surface area (Å²) in [6, 6.07) is 0. The monoisotopic (exact) mass is 263 g/mol. The van der Waals surface area contributed by atoms with Crippen LogP contribution in [0.25, 0.3) is 0 Å². The molecule has 0 atom stereocenters. The van der Waals surface area contributed by atoms with Gasteiger partial charge in [0, 0.05) is 6.54 Å². The molecule has 0 spiro atoms. The van der Waals surface area contributed by atoms with Crippen molar-refractivity contribution in [1.82, 2.24) is 5.32 Å². The Hall–Kier alpha value is -0.720. The van der Waals surface area contributed by atoms with E-state index in [1.165, 1.54) is 32.1 Å². The second kappa shape index (κ2) is 7.77. The summed E-state index contributed by atoms with van der Waals surface area (Å²) >= 11 is 0. The van der Waals surface area contributed by atoms with Gasteiger partial charge in [0.1, 0.15) is 0 Å². The van der Waals surface area contributed by atoms with Crippen LogP contribution in [0.1, 0.15) is 66.7 Å². The third-order valence-electron chi connectivity index (χ3n) is 4.49. The SMILES string of the molecule is CC.CC(C)(C)C1CCC(CC2=CCNC=C2)CC1. The summed E-state index contributed by atoms with van der Waals surface area (Å²) in [4.78, 5) is 0. The standard InChI is InChI=1S/C16H27N.C2H6/c1-16(2,3)15-6-4-13(5-7-15)12-14-8-10-17-11-9-14;1-2/h8-10,13,15,17H,4-7,11-12H2,1-3H3;1-2H3. The third kappa shape index (κ3) is 5.42. The van der Waals surface area contributed by atoms with Gasteiger partial charge >= 0.3 is 0 Å². The molecule has 110 valence electrons. The molecule has 1 saturated carbocycles. The maximum Gasteiger partial charge on any atom is 0.0331 e. The van der Waals surface area contributed by atoms with Crippen molar-refractivity contribution in [3.05, 3.63) is 23.9 Å². The van der Waals surface area contributed by atoms with Crippen LogP contribution in [0.2, 0.25) is 0 Å². The minimum absolute atomic E-state index is 0.513. The Morgan fingerprint density at radius 3 is 2.21 bits per heavy atom. The van der Waals surface area contributed by atoms with Crippen LogP contribution in [0, 0.1) is 17.3 Å². The third-order valence-corrected chi connectivity index (χ3v) is 4.49. The summed E-state index contributed by atoms with van der Waals surface area (Å²) in [6.07, 6.45) is 13.7. The highest BCUT2D eigenvalue weighted by Gasteiger charge is 2.29. The lowest BCUT2D eigenvalue weighted by molar-refractivity contribution is 0.150. The maximum atomic E-state index is 3.22. The zero-order valence-corrected chi connectivity index (χ0v) is 13.6. The first-order valence-electron chi connectivity index (χ1n) is 8.14. The van der Waals surface area contributed by atoms with Gasteiger partial charge in [0.05, 0.1) is 0 Å². The van der Waals surface area contributed by atoms with Gasteiger partial charge in [-0.1, -0.05) is 40.7 Å². The number of nitrogens with one attached hydrogen (secondary N) is 1. The zero-order valence-electron chi connectivity index (χ0n) is 13.6. The Kier molecular flexibility index (Phi) is 6.68. The first-order valence-corrected chi connectivity index (χ1v) is 8.14. The lowest BCUT2D eigenvalue weighted by Gasteiger charge is -2.37. The van der Waals surface area contributed by atoms with Crippen molar-refractivity contribution in [3.8, 4) is 0 Å². The molecule has 1 heterocycles. The molecule has 0 aromatic carbocycles. The van der Waals surface area contributed by atoms with Crippen molar-refractivity contribution in [3.63, 3.8) is 0 Å². The van der Waals surface area contributed by atoms with Crippen molar-refractivity contribution in [2.75, 3.05) is 6.54 Å². The van der Waals surface area contributed by atoms with Crippen molar-refractivity contribution >= 4 is 0 Å². The summed E-state index contributed by atoms with van der Waals surface area (Å²) in [5, 5.41) is 3.22. The molecule has 0 unspecified atom stereocenters. The quantitative estimate of drug-likeness (QED) is 0.713. The van der Waals surface area contributed by atoms with E-state index in [0.717, 1.165) is 18.4 Å². The molecular formula is C18H33N. The van der Waals surface area contributed by atoms with Crippen LogP contribution in [-0.2, 0) is 0 Å². The normalized spacial score (nSPS) is 26.9. The van der Waals surface area contributed by atoms with E-state index in [1.807, 2.05) is 13.8 Å². The predicted octanol–water partition coefficient (Wildman–Crippen LogP) is 5.30. The Bertz CT molecular complexity index is 298. The Morgan fingerprint density at radius 2 is 1.74 bits per heavy atom. The van der Waals surface area contributed by atoms with Crippen LogP contribution in [0.15, 0.2) is 23.9 Å². The molecule has 1 aliphatic carbocycles. The van der Waals surface area contributed by atoms with E-state index < -0.39 is 0 Å². The fourth-order valence-electron chi connectivity index (χ4n) is 3.21. The van der Waals surface area contributed by atoms with Crippen LogP contribution in [0.5, 0.6) is 0 Å². The van der Waals surface area contributed by atoms with Gasteiger partial charge in [0.2, 0.25) is 0 Å². The highest BCUT2D eigenvalue weighted by Crippen LogP contribution is 2.41. The van der Waals surface area contributed by atoms with Crippen molar-refractivity contribution in [2.45, 2.75) is 66.7 Å². The van der Waals surface area contributed by atoms with Gasteiger partial charge in [-0.2, -0.15) is 0 Å². The minimum Gasteiger partial charge on any atom is -0.387 e. The second-order valence-electron chi connectivity index (χ2n) is 6.81. The van der Waals surface area contributed by atoms with Crippen molar-refractivity contribution in [2.24, 2.45) is 17.3 Å². The van der Waals surface area contributed by atoms with Crippen molar-refractivity contribution in [1.29, 1.82) is 0 Å². The Labute approximate surface area is 120 Å². The molecule has 0 aromatic heterocycles. The smallest absolute Gasteiger partial charge is 0.0331 e. The molecule has 0 aromatic rings. The lowest BCUT2D eigenvalue weighted by atomic mass is 9.69. The van der Waals surface area contributed by atoms with Gasteiger partial charge in [-0.15, -0.1) is 0 Å². The summed E-state index contributed by atoms with van der Waals surface area (Å²) in [5.41, 5.74) is 2.06. The fraction of sp³-hybridized carbons (Fsp3) is 0.778. The van der Waals surface area contributed by atoms with E-state index in [2.05, 4.69) is 44.4 Å². The first-order chi connectivity index (χ1) is 9.05. The van der Waals surface area contributed by atoms with Crippen molar-refractivity contribution < 1.29 is 0 Å². The largest absolute Gasteiger partial charge is 0.387 e. The summed E-state index contributed by atoms with van der Waals surface area (Å²) in [7, 11) is 0. The number of hydrogen-bond donors (Lipinski definition) is 1. The number of dihydropyridines is 1. The summed E-state index contributed by atoms with van der Waals surface area (Å²) in [5.74, 6) is 1.87. The van der Waals surface area contributed by atoms with Gasteiger partial charge in [-0.05, 0) is 67.2 Å². The van der Waals surface area contributed by atoms with E-state index in [-0.39, 0.29) is 0 Å². The predicted molar refractivity (Wildman–Crippen MR) is 86.1 cm³/mol. The highest BCUT2D eigenvalue weighted by atomic mass is 14.8. The van der Waals surface area contributed by atoms with Crippen LogP contribution in [-0.4, -0.2) is 6.54 Å². The second-order valence-corrected chi connectivity index (χ2v) is 6.81. The first kappa shape index (κ1) is 16.3. The van der Waals surface area contributed by atoms with Gasteiger partial charge in [0.25, 0.3) is 0 Å². The molecule has 1 heteroatoms. The maximum absolute atomic E-state index is 3.22. The lowest BCUT2D eigenvalue weighted by Crippen LogP contribution is -2.26. The number of rotatable bonds is 2.